The predicted octanol–water partition coefficient (Wildman–Crippen LogP) is 2.59. The zero-order valence-corrected chi connectivity index (χ0v) is 13.3. The van der Waals surface area contributed by atoms with Crippen LogP contribution in [-0.2, 0) is 0 Å². The lowest BCUT2D eigenvalue weighted by molar-refractivity contribution is 0.405. The van der Waals surface area contributed by atoms with E-state index in [2.05, 4.69) is 39.6 Å². The van der Waals surface area contributed by atoms with Crippen molar-refractivity contribution < 1.29 is 4.74 Å². The third-order valence-corrected chi connectivity index (χ3v) is 3.07. The summed E-state index contributed by atoms with van der Waals surface area (Å²) in [6.45, 7) is 1.93. The number of hydrogen-bond acceptors (Lipinski definition) is 6. The van der Waals surface area contributed by atoms with Gasteiger partial charge in [-0.2, -0.15) is 4.98 Å². The maximum absolute atomic E-state index is 5.20. The summed E-state index contributed by atoms with van der Waals surface area (Å²) in [5, 5.41) is 6.48. The fraction of sp³-hybridized carbons (Fsp3) is 0.375. The molecular formula is C16H23N5O. The van der Waals surface area contributed by atoms with Gasteiger partial charge in [-0.15, -0.1) is 0 Å². The summed E-state index contributed by atoms with van der Waals surface area (Å²) in [6.07, 6.45) is 2.80. The molecule has 6 nitrogen and oxygen atoms in total. The second-order valence-corrected chi connectivity index (χ2v) is 5.21. The Morgan fingerprint density at radius 1 is 1.23 bits per heavy atom. The lowest BCUT2D eigenvalue weighted by Gasteiger charge is -2.11. The normalized spacial score (nSPS) is 10.5. The highest BCUT2D eigenvalue weighted by atomic mass is 16.5. The number of methoxy groups -OCH3 is 1. The van der Waals surface area contributed by atoms with Gasteiger partial charge in [-0.3, -0.25) is 0 Å². The van der Waals surface area contributed by atoms with Crippen LogP contribution in [0.1, 0.15) is 6.42 Å². The van der Waals surface area contributed by atoms with Crippen molar-refractivity contribution in [2.45, 2.75) is 6.42 Å². The molecular weight excluding hydrogens is 278 g/mol. The Bertz CT molecular complexity index is 588. The standard InChI is InChI=1S/C16H23N5O/c1-21(2)11-5-9-17-15-8-10-18-16(20-15)19-13-6-4-7-14(12-13)22-3/h4,6-8,10,12H,5,9,11H2,1-3H3,(H2,17,18,19,20). The van der Waals surface area contributed by atoms with Crippen LogP contribution in [0.2, 0.25) is 0 Å². The van der Waals surface area contributed by atoms with E-state index in [4.69, 9.17) is 4.74 Å². The van der Waals surface area contributed by atoms with E-state index in [1.807, 2.05) is 30.3 Å². The number of nitrogens with one attached hydrogen (secondary N) is 2. The highest BCUT2D eigenvalue weighted by Crippen LogP contribution is 2.19. The average molecular weight is 301 g/mol. The Morgan fingerprint density at radius 2 is 2.09 bits per heavy atom. The molecule has 0 saturated heterocycles. The minimum Gasteiger partial charge on any atom is -0.497 e. The Balaban J connectivity index is 1.93. The summed E-state index contributed by atoms with van der Waals surface area (Å²) in [5.41, 5.74) is 0.893. The lowest BCUT2D eigenvalue weighted by Crippen LogP contribution is -2.16. The van der Waals surface area contributed by atoms with Crippen LogP contribution in [0.25, 0.3) is 0 Å². The molecule has 0 aliphatic carbocycles. The minimum absolute atomic E-state index is 0.561. The van der Waals surface area contributed by atoms with Crippen LogP contribution in [0.3, 0.4) is 0 Å². The zero-order chi connectivity index (χ0) is 15.8. The molecule has 0 unspecified atom stereocenters. The molecule has 0 aliphatic heterocycles. The first kappa shape index (κ1) is 16.0. The van der Waals surface area contributed by atoms with Gasteiger partial charge in [0, 0.05) is 24.5 Å². The first-order chi connectivity index (χ1) is 10.7. The summed E-state index contributed by atoms with van der Waals surface area (Å²) in [7, 11) is 5.79. The Kier molecular flexibility index (Phi) is 5.97. The summed E-state index contributed by atoms with van der Waals surface area (Å²) < 4.78 is 5.20. The van der Waals surface area contributed by atoms with Crippen LogP contribution >= 0.6 is 0 Å². The van der Waals surface area contributed by atoms with Crippen LogP contribution in [-0.4, -0.2) is 49.2 Å². The van der Waals surface area contributed by atoms with Crippen molar-refractivity contribution in [3.05, 3.63) is 36.5 Å². The molecule has 1 aromatic carbocycles. The number of aromatic nitrogens is 2. The molecule has 6 heteroatoms. The van der Waals surface area contributed by atoms with Gasteiger partial charge in [-0.1, -0.05) is 6.07 Å². The van der Waals surface area contributed by atoms with Crippen molar-refractivity contribution in [1.29, 1.82) is 0 Å². The van der Waals surface area contributed by atoms with E-state index in [9.17, 15) is 0 Å². The second-order valence-electron chi connectivity index (χ2n) is 5.21. The van der Waals surface area contributed by atoms with Gasteiger partial charge in [0.15, 0.2) is 0 Å². The number of rotatable bonds is 8. The van der Waals surface area contributed by atoms with Crippen molar-refractivity contribution in [2.24, 2.45) is 0 Å². The van der Waals surface area contributed by atoms with Crippen LogP contribution in [0.15, 0.2) is 36.5 Å². The molecule has 0 aliphatic rings. The number of ether oxygens (including phenoxy) is 1. The van der Waals surface area contributed by atoms with E-state index in [0.29, 0.717) is 5.95 Å². The van der Waals surface area contributed by atoms with E-state index in [1.54, 1.807) is 13.3 Å². The highest BCUT2D eigenvalue weighted by Gasteiger charge is 2.01. The highest BCUT2D eigenvalue weighted by molar-refractivity contribution is 5.56. The van der Waals surface area contributed by atoms with E-state index < -0.39 is 0 Å². The molecule has 22 heavy (non-hydrogen) atoms. The molecule has 2 aromatic rings. The number of hydrogen-bond donors (Lipinski definition) is 2. The molecule has 0 spiro atoms. The molecule has 1 heterocycles. The Hall–Kier alpha value is -2.34. The van der Waals surface area contributed by atoms with Crippen LogP contribution < -0.4 is 15.4 Å². The smallest absolute Gasteiger partial charge is 0.229 e. The first-order valence-electron chi connectivity index (χ1n) is 7.30. The molecule has 0 atom stereocenters. The molecule has 0 saturated carbocycles. The SMILES string of the molecule is COc1cccc(Nc2nccc(NCCCN(C)C)n2)c1. The number of nitrogens with zero attached hydrogens (tertiary/aromatic N) is 3. The van der Waals surface area contributed by atoms with Gasteiger partial charge >= 0.3 is 0 Å². The van der Waals surface area contributed by atoms with Gasteiger partial charge in [0.25, 0.3) is 0 Å². The third-order valence-electron chi connectivity index (χ3n) is 3.07. The van der Waals surface area contributed by atoms with E-state index in [1.165, 1.54) is 0 Å². The maximum Gasteiger partial charge on any atom is 0.229 e. The lowest BCUT2D eigenvalue weighted by atomic mass is 10.3. The molecule has 118 valence electrons. The molecule has 0 amide bonds. The van der Waals surface area contributed by atoms with Crippen molar-refractivity contribution >= 4 is 17.5 Å². The molecule has 0 radical (unpaired) electrons. The molecule has 0 bridgehead atoms. The summed E-state index contributed by atoms with van der Waals surface area (Å²) in [6, 6.07) is 9.54. The fourth-order valence-corrected chi connectivity index (χ4v) is 1.96. The molecule has 2 N–H and O–H groups in total. The monoisotopic (exact) mass is 301 g/mol. The second kappa shape index (κ2) is 8.19. The molecule has 2 rings (SSSR count). The van der Waals surface area contributed by atoms with Gasteiger partial charge in [0.05, 0.1) is 7.11 Å². The summed E-state index contributed by atoms with van der Waals surface area (Å²) in [5.74, 6) is 2.17. The molecule has 1 aromatic heterocycles. The topological polar surface area (TPSA) is 62.3 Å². The maximum atomic E-state index is 5.20. The quantitative estimate of drug-likeness (QED) is 0.731. The average Bonchev–Trinajstić information content (AvgIpc) is 2.52. The van der Waals surface area contributed by atoms with Crippen LogP contribution in [0.4, 0.5) is 17.5 Å². The van der Waals surface area contributed by atoms with Crippen molar-refractivity contribution in [3.8, 4) is 5.75 Å². The zero-order valence-electron chi connectivity index (χ0n) is 13.3. The van der Waals surface area contributed by atoms with E-state index in [0.717, 1.165) is 36.8 Å². The number of benzene rings is 1. The van der Waals surface area contributed by atoms with Gasteiger partial charge in [0.2, 0.25) is 5.95 Å². The minimum atomic E-state index is 0.561. The Labute approximate surface area is 131 Å². The predicted molar refractivity (Wildman–Crippen MR) is 90.0 cm³/mol. The van der Waals surface area contributed by atoms with Gasteiger partial charge < -0.3 is 20.3 Å². The van der Waals surface area contributed by atoms with Gasteiger partial charge in [0.1, 0.15) is 11.6 Å². The van der Waals surface area contributed by atoms with Gasteiger partial charge in [-0.05, 0) is 45.3 Å². The van der Waals surface area contributed by atoms with Crippen molar-refractivity contribution in [2.75, 3.05) is 44.9 Å². The first-order valence-corrected chi connectivity index (χ1v) is 7.30. The molecule has 0 fully saturated rings. The van der Waals surface area contributed by atoms with Gasteiger partial charge in [-0.25, -0.2) is 4.98 Å². The largest absolute Gasteiger partial charge is 0.497 e. The van der Waals surface area contributed by atoms with Crippen LogP contribution in [0.5, 0.6) is 5.75 Å². The number of anilines is 3. The summed E-state index contributed by atoms with van der Waals surface area (Å²) >= 11 is 0. The third kappa shape index (κ3) is 5.21. The van der Waals surface area contributed by atoms with E-state index >= 15 is 0 Å². The van der Waals surface area contributed by atoms with Crippen molar-refractivity contribution in [1.82, 2.24) is 14.9 Å². The fourth-order valence-electron chi connectivity index (χ4n) is 1.96. The van der Waals surface area contributed by atoms with Crippen molar-refractivity contribution in [3.63, 3.8) is 0 Å². The van der Waals surface area contributed by atoms with E-state index in [-0.39, 0.29) is 0 Å². The van der Waals surface area contributed by atoms with Crippen LogP contribution in [0, 0.1) is 0 Å². The summed E-state index contributed by atoms with van der Waals surface area (Å²) in [4.78, 5) is 10.9. The Morgan fingerprint density at radius 3 is 2.86 bits per heavy atom.